The SMILES string of the molecule is Cc1nc2ccccc2n1CC(=O)Nc1ncc(Cc2ccccc2)s1. The molecular formula is C20H18N4OS. The van der Waals surface area contributed by atoms with Gasteiger partial charge in [-0.3, -0.25) is 4.79 Å². The van der Waals surface area contributed by atoms with Gasteiger partial charge in [-0.25, -0.2) is 9.97 Å². The van der Waals surface area contributed by atoms with E-state index in [9.17, 15) is 4.79 Å². The fourth-order valence-corrected chi connectivity index (χ4v) is 3.80. The lowest BCUT2D eigenvalue weighted by Crippen LogP contribution is -2.19. The normalized spacial score (nSPS) is 11.0. The van der Waals surface area contributed by atoms with Crippen LogP contribution in [0.5, 0.6) is 0 Å². The molecule has 1 amide bonds. The first-order valence-corrected chi connectivity index (χ1v) is 9.21. The first-order valence-electron chi connectivity index (χ1n) is 8.39. The summed E-state index contributed by atoms with van der Waals surface area (Å²) in [7, 11) is 0. The quantitative estimate of drug-likeness (QED) is 0.583. The molecule has 0 aliphatic rings. The van der Waals surface area contributed by atoms with Crippen molar-refractivity contribution in [3.8, 4) is 0 Å². The molecule has 0 aliphatic heterocycles. The molecule has 6 heteroatoms. The van der Waals surface area contributed by atoms with E-state index < -0.39 is 0 Å². The number of hydrogen-bond donors (Lipinski definition) is 1. The number of hydrogen-bond acceptors (Lipinski definition) is 4. The second kappa shape index (κ2) is 7.09. The van der Waals surface area contributed by atoms with Crippen molar-refractivity contribution < 1.29 is 4.79 Å². The summed E-state index contributed by atoms with van der Waals surface area (Å²) < 4.78 is 1.92. The molecule has 5 nitrogen and oxygen atoms in total. The predicted octanol–water partition coefficient (Wildman–Crippen LogP) is 4.03. The minimum atomic E-state index is -0.100. The minimum absolute atomic E-state index is 0.100. The molecule has 0 atom stereocenters. The Labute approximate surface area is 155 Å². The summed E-state index contributed by atoms with van der Waals surface area (Å²) in [5.41, 5.74) is 3.09. The van der Waals surface area contributed by atoms with Crippen LogP contribution in [0.4, 0.5) is 5.13 Å². The number of carbonyl (C=O) groups excluding carboxylic acids is 1. The van der Waals surface area contributed by atoms with Crippen LogP contribution in [-0.4, -0.2) is 20.4 Å². The first-order chi connectivity index (χ1) is 12.7. The van der Waals surface area contributed by atoms with Crippen LogP contribution < -0.4 is 5.32 Å². The molecule has 4 rings (SSSR count). The third-order valence-electron chi connectivity index (χ3n) is 4.17. The molecule has 2 aromatic carbocycles. The van der Waals surface area contributed by atoms with Crippen molar-refractivity contribution in [2.75, 3.05) is 5.32 Å². The van der Waals surface area contributed by atoms with E-state index >= 15 is 0 Å². The number of fused-ring (bicyclic) bond motifs is 1. The van der Waals surface area contributed by atoms with Gasteiger partial charge in [0.05, 0.1) is 11.0 Å². The second-order valence-corrected chi connectivity index (χ2v) is 7.19. The fourth-order valence-electron chi connectivity index (χ4n) is 2.94. The van der Waals surface area contributed by atoms with Gasteiger partial charge in [-0.2, -0.15) is 0 Å². The summed E-state index contributed by atoms with van der Waals surface area (Å²) in [6.07, 6.45) is 2.64. The predicted molar refractivity (Wildman–Crippen MR) is 104 cm³/mol. The molecule has 0 saturated heterocycles. The summed E-state index contributed by atoms with van der Waals surface area (Å²) in [5, 5.41) is 3.53. The van der Waals surface area contributed by atoms with Gasteiger partial charge in [-0.05, 0) is 24.6 Å². The Bertz CT molecular complexity index is 1050. The highest BCUT2D eigenvalue weighted by Gasteiger charge is 2.12. The molecule has 26 heavy (non-hydrogen) atoms. The van der Waals surface area contributed by atoms with Gasteiger partial charge in [0.1, 0.15) is 12.4 Å². The van der Waals surface area contributed by atoms with E-state index in [1.807, 2.05) is 60.2 Å². The van der Waals surface area contributed by atoms with E-state index in [0.717, 1.165) is 28.2 Å². The van der Waals surface area contributed by atoms with Crippen molar-refractivity contribution in [1.82, 2.24) is 14.5 Å². The maximum atomic E-state index is 12.5. The lowest BCUT2D eigenvalue weighted by Gasteiger charge is -2.06. The van der Waals surface area contributed by atoms with Gasteiger partial charge < -0.3 is 9.88 Å². The van der Waals surface area contributed by atoms with E-state index in [1.165, 1.54) is 16.9 Å². The Balaban J connectivity index is 1.44. The summed E-state index contributed by atoms with van der Waals surface area (Å²) in [4.78, 5) is 22.4. The van der Waals surface area contributed by atoms with E-state index in [2.05, 4.69) is 27.4 Å². The molecule has 2 heterocycles. The highest BCUT2D eigenvalue weighted by atomic mass is 32.1. The number of aryl methyl sites for hydroxylation is 1. The van der Waals surface area contributed by atoms with Crippen LogP contribution in [0.1, 0.15) is 16.3 Å². The van der Waals surface area contributed by atoms with Crippen LogP contribution >= 0.6 is 11.3 Å². The van der Waals surface area contributed by atoms with Crippen LogP contribution in [0.2, 0.25) is 0 Å². The smallest absolute Gasteiger partial charge is 0.246 e. The number of carbonyl (C=O) groups is 1. The van der Waals surface area contributed by atoms with Crippen LogP contribution in [0.3, 0.4) is 0 Å². The minimum Gasteiger partial charge on any atom is -0.319 e. The highest BCUT2D eigenvalue weighted by Crippen LogP contribution is 2.21. The Morgan fingerprint density at radius 3 is 2.73 bits per heavy atom. The van der Waals surface area contributed by atoms with E-state index in [0.29, 0.717) is 5.13 Å². The molecule has 0 saturated carbocycles. The van der Waals surface area contributed by atoms with Crippen LogP contribution in [0, 0.1) is 6.92 Å². The number of benzene rings is 2. The summed E-state index contributed by atoms with van der Waals surface area (Å²) in [6, 6.07) is 18.1. The zero-order valence-electron chi connectivity index (χ0n) is 14.3. The van der Waals surface area contributed by atoms with Crippen molar-refractivity contribution in [1.29, 1.82) is 0 Å². The van der Waals surface area contributed by atoms with Gasteiger partial charge in [0.15, 0.2) is 5.13 Å². The number of anilines is 1. The molecular weight excluding hydrogens is 344 g/mol. The maximum Gasteiger partial charge on any atom is 0.246 e. The van der Waals surface area contributed by atoms with Crippen molar-refractivity contribution in [2.45, 2.75) is 19.9 Å². The number of nitrogens with one attached hydrogen (secondary N) is 1. The largest absolute Gasteiger partial charge is 0.319 e. The molecule has 130 valence electrons. The number of amides is 1. The second-order valence-electron chi connectivity index (χ2n) is 6.08. The Kier molecular flexibility index (Phi) is 4.50. The molecule has 2 aromatic heterocycles. The third kappa shape index (κ3) is 3.50. The van der Waals surface area contributed by atoms with E-state index in [4.69, 9.17) is 0 Å². The number of aromatic nitrogens is 3. The lowest BCUT2D eigenvalue weighted by atomic mass is 10.1. The van der Waals surface area contributed by atoms with Gasteiger partial charge in [-0.1, -0.05) is 42.5 Å². The topological polar surface area (TPSA) is 59.8 Å². The van der Waals surface area contributed by atoms with Gasteiger partial charge in [0.2, 0.25) is 5.91 Å². The number of para-hydroxylation sites is 2. The third-order valence-corrected chi connectivity index (χ3v) is 5.08. The molecule has 1 N–H and O–H groups in total. The van der Waals surface area contributed by atoms with Gasteiger partial charge >= 0.3 is 0 Å². The average molecular weight is 362 g/mol. The summed E-state index contributed by atoms with van der Waals surface area (Å²) >= 11 is 1.51. The van der Waals surface area contributed by atoms with Gasteiger partial charge in [0.25, 0.3) is 0 Å². The number of imidazole rings is 1. The van der Waals surface area contributed by atoms with Gasteiger partial charge in [-0.15, -0.1) is 11.3 Å². The number of rotatable bonds is 5. The molecule has 0 spiro atoms. The van der Waals surface area contributed by atoms with Crippen LogP contribution in [-0.2, 0) is 17.8 Å². The van der Waals surface area contributed by atoms with E-state index in [-0.39, 0.29) is 12.5 Å². The Morgan fingerprint density at radius 1 is 1.12 bits per heavy atom. The summed E-state index contributed by atoms with van der Waals surface area (Å²) in [5.74, 6) is 0.724. The Hall–Kier alpha value is -2.99. The summed E-state index contributed by atoms with van der Waals surface area (Å²) in [6.45, 7) is 2.13. The zero-order chi connectivity index (χ0) is 17.9. The highest BCUT2D eigenvalue weighted by molar-refractivity contribution is 7.15. The van der Waals surface area contributed by atoms with Crippen molar-refractivity contribution >= 4 is 33.4 Å². The number of nitrogens with zero attached hydrogens (tertiary/aromatic N) is 3. The molecule has 4 aromatic rings. The van der Waals surface area contributed by atoms with Gasteiger partial charge in [0, 0.05) is 17.5 Å². The van der Waals surface area contributed by atoms with Crippen molar-refractivity contribution in [2.24, 2.45) is 0 Å². The monoisotopic (exact) mass is 362 g/mol. The molecule has 0 fully saturated rings. The average Bonchev–Trinajstić information content (AvgIpc) is 3.20. The Morgan fingerprint density at radius 2 is 1.88 bits per heavy atom. The zero-order valence-corrected chi connectivity index (χ0v) is 15.2. The molecule has 0 radical (unpaired) electrons. The molecule has 0 aliphatic carbocycles. The maximum absolute atomic E-state index is 12.5. The van der Waals surface area contributed by atoms with E-state index in [1.54, 1.807) is 0 Å². The fraction of sp³-hybridized carbons (Fsp3) is 0.150. The van der Waals surface area contributed by atoms with Crippen LogP contribution in [0.25, 0.3) is 11.0 Å². The first kappa shape index (κ1) is 16.5. The standard InChI is InChI=1S/C20H18N4OS/c1-14-22-17-9-5-6-10-18(17)24(14)13-19(25)23-20-21-12-16(26-20)11-15-7-3-2-4-8-15/h2-10,12H,11,13H2,1H3,(H,21,23,25). The molecule has 0 bridgehead atoms. The molecule has 0 unspecified atom stereocenters. The van der Waals surface area contributed by atoms with Crippen molar-refractivity contribution in [3.05, 3.63) is 77.1 Å². The number of thiazole rings is 1. The lowest BCUT2D eigenvalue weighted by molar-refractivity contribution is -0.116. The van der Waals surface area contributed by atoms with Crippen LogP contribution in [0.15, 0.2) is 60.8 Å². The van der Waals surface area contributed by atoms with Crippen molar-refractivity contribution in [3.63, 3.8) is 0 Å².